The Labute approximate surface area is 315 Å². The predicted octanol–water partition coefficient (Wildman–Crippen LogP) is -5.77. The molecule has 304 valence electrons. The fourth-order valence-corrected chi connectivity index (χ4v) is 5.85. The number of hydrogen-bond donors (Lipinski definition) is 11. The Hall–Kier alpha value is -5.03. The first-order chi connectivity index (χ1) is 25.2. The molecule has 7 atom stereocenters. The first kappa shape index (κ1) is 47.0. The van der Waals surface area contributed by atoms with E-state index in [1.165, 1.54) is 16.7 Å². The minimum Gasteiger partial charge on any atom is -0.480 e. The molecule has 0 aromatic heterocycles. The first-order valence-corrected chi connectivity index (χ1v) is 18.4. The van der Waals surface area contributed by atoms with E-state index in [0.29, 0.717) is 12.2 Å². The Morgan fingerprint density at radius 3 is 1.67 bits per heavy atom. The zero-order valence-corrected chi connectivity index (χ0v) is 31.1. The summed E-state index contributed by atoms with van der Waals surface area (Å²) in [6.07, 6.45) is 0.379. The van der Waals surface area contributed by atoms with E-state index in [1.54, 1.807) is 20.1 Å². The van der Waals surface area contributed by atoms with Crippen molar-refractivity contribution in [1.82, 2.24) is 31.5 Å². The largest absolute Gasteiger partial charge is 0.480 e. The Morgan fingerprint density at radius 2 is 1.20 bits per heavy atom. The summed E-state index contributed by atoms with van der Waals surface area (Å²) in [6, 6.07) is -10.3. The third-order valence-corrected chi connectivity index (χ3v) is 8.68. The molecular weight excluding hydrogens is 736 g/mol. The smallest absolute Gasteiger partial charge is 0.326 e. The summed E-state index contributed by atoms with van der Waals surface area (Å²) in [5.41, 5.74) is 21.1. The summed E-state index contributed by atoms with van der Waals surface area (Å²) in [5.74, 6) is -9.91. The van der Waals surface area contributed by atoms with Crippen LogP contribution < -0.4 is 49.5 Å². The number of likely N-dealkylation sites (tertiary alicyclic amines) is 1. The number of carboxylic acids is 1. The second-order valence-electron chi connectivity index (χ2n) is 13.0. The maximum absolute atomic E-state index is 13.8. The van der Waals surface area contributed by atoms with Crippen LogP contribution in [0.3, 0.4) is 0 Å². The average Bonchev–Trinajstić information content (AvgIpc) is 3.56. The fourth-order valence-electron chi connectivity index (χ4n) is 5.38. The lowest BCUT2D eigenvalue weighted by Gasteiger charge is -2.30. The molecule has 1 rings (SSSR count). The molecule has 0 saturated carbocycles. The highest BCUT2D eigenvalue weighted by Crippen LogP contribution is 2.21. The van der Waals surface area contributed by atoms with Crippen LogP contribution in [-0.2, 0) is 47.9 Å². The van der Waals surface area contributed by atoms with Crippen molar-refractivity contribution in [2.75, 3.05) is 25.2 Å². The van der Waals surface area contributed by atoms with E-state index in [-0.39, 0.29) is 31.7 Å². The number of nitrogens with two attached hydrogens (primary N) is 4. The molecule has 0 unspecified atom stereocenters. The molecule has 1 heterocycles. The van der Waals surface area contributed by atoms with Crippen LogP contribution in [0.1, 0.15) is 58.8 Å². The number of thioether (sulfide) groups is 1. The number of nitrogens with zero attached hydrogens (tertiary/aromatic N) is 1. The number of hydrogen-bond acceptors (Lipinski definition) is 13. The number of rotatable bonds is 24. The highest BCUT2D eigenvalue weighted by atomic mass is 32.2. The van der Waals surface area contributed by atoms with E-state index in [0.717, 1.165) is 0 Å². The van der Waals surface area contributed by atoms with Crippen molar-refractivity contribution in [3.8, 4) is 0 Å². The lowest BCUT2D eigenvalue weighted by Crippen LogP contribution is -2.61. The zero-order chi connectivity index (χ0) is 41.3. The quantitative estimate of drug-likeness (QED) is 0.0434. The van der Waals surface area contributed by atoms with E-state index in [9.17, 15) is 58.2 Å². The van der Waals surface area contributed by atoms with Gasteiger partial charge in [0.2, 0.25) is 53.2 Å². The molecule has 1 saturated heterocycles. The SMILES string of the molecule is CSCC[C@H](NC(=O)[C@H](CC(N)=O)NC(=O)[C@H](CO)NC(=O)[C@H](CC(N)=O)NC(=O)[C@@H](N)CC(N)=O)C(=O)N1CCC[C@H]1C(=O)N[C@@H](CC(C)C)C(=O)O. The van der Waals surface area contributed by atoms with Crippen LogP contribution in [0.15, 0.2) is 0 Å². The monoisotopic (exact) mass is 788 g/mol. The normalized spacial score (nSPS) is 17.1. The van der Waals surface area contributed by atoms with Crippen molar-refractivity contribution >= 4 is 70.9 Å². The number of carbonyl (C=O) groups excluding carboxylic acids is 9. The highest BCUT2D eigenvalue weighted by molar-refractivity contribution is 7.98. The molecular formula is C31H52N10O12S. The lowest BCUT2D eigenvalue weighted by molar-refractivity contribution is -0.145. The van der Waals surface area contributed by atoms with Gasteiger partial charge in [0.15, 0.2) is 0 Å². The van der Waals surface area contributed by atoms with Crippen LogP contribution in [0.5, 0.6) is 0 Å². The van der Waals surface area contributed by atoms with E-state index >= 15 is 0 Å². The molecule has 15 N–H and O–H groups in total. The Morgan fingerprint density at radius 1 is 0.722 bits per heavy atom. The molecule has 0 aromatic carbocycles. The summed E-state index contributed by atoms with van der Waals surface area (Å²) in [5, 5.41) is 30.8. The molecule has 1 aliphatic rings. The number of carboxylic acid groups (broad SMARTS) is 1. The minimum absolute atomic E-state index is 0.0459. The average molecular weight is 789 g/mol. The summed E-state index contributed by atoms with van der Waals surface area (Å²) in [7, 11) is 0. The highest BCUT2D eigenvalue weighted by Gasteiger charge is 2.40. The number of carbonyl (C=O) groups is 10. The van der Waals surface area contributed by atoms with Crippen molar-refractivity contribution in [2.45, 2.75) is 101 Å². The van der Waals surface area contributed by atoms with Gasteiger partial charge in [0.05, 0.1) is 31.9 Å². The van der Waals surface area contributed by atoms with Gasteiger partial charge in [-0.1, -0.05) is 13.8 Å². The third kappa shape index (κ3) is 15.9. The van der Waals surface area contributed by atoms with Gasteiger partial charge in [-0.2, -0.15) is 11.8 Å². The molecule has 54 heavy (non-hydrogen) atoms. The molecule has 1 fully saturated rings. The molecule has 0 aliphatic carbocycles. The molecule has 0 aromatic rings. The minimum atomic E-state index is -1.84. The molecule has 0 spiro atoms. The Bertz CT molecular complexity index is 1420. The van der Waals surface area contributed by atoms with E-state index in [4.69, 9.17) is 22.9 Å². The number of aliphatic carboxylic acids is 1. The third-order valence-electron chi connectivity index (χ3n) is 8.04. The van der Waals surface area contributed by atoms with Crippen molar-refractivity contribution in [2.24, 2.45) is 28.9 Å². The molecule has 1 aliphatic heterocycles. The maximum atomic E-state index is 13.8. The van der Waals surface area contributed by atoms with Crippen molar-refractivity contribution < 1.29 is 58.2 Å². The van der Waals surface area contributed by atoms with Crippen LogP contribution >= 0.6 is 11.8 Å². The molecule has 0 bridgehead atoms. The zero-order valence-electron chi connectivity index (χ0n) is 30.3. The number of primary amides is 3. The van der Waals surface area contributed by atoms with Gasteiger partial charge in [-0.05, 0) is 43.6 Å². The van der Waals surface area contributed by atoms with Crippen molar-refractivity contribution in [3.05, 3.63) is 0 Å². The van der Waals surface area contributed by atoms with Crippen LogP contribution in [-0.4, -0.2) is 142 Å². The van der Waals surface area contributed by atoms with Crippen molar-refractivity contribution in [1.29, 1.82) is 0 Å². The standard InChI is InChI=1S/C31H52N10O12S/c1-14(2)9-19(31(52)53)39-29(50)21-5-4-7-41(21)30(51)16(6-8-54-3)36-26(47)18(12-24(35)45)38-28(49)20(13-42)40-27(48)17(11-23(34)44)37-25(46)15(32)10-22(33)43/h14-21,42H,4-13,32H2,1-3H3,(H2,33,43)(H2,34,44)(H2,35,45)(H,36,47)(H,37,46)(H,38,49)(H,39,50)(H,40,48)(H,52,53)/t15-,16-,17-,18-,19-,20-,21-/m0/s1. The number of aliphatic hydroxyl groups excluding tert-OH is 1. The number of nitrogens with one attached hydrogen (secondary N) is 5. The summed E-state index contributed by atoms with van der Waals surface area (Å²) < 4.78 is 0. The molecule has 9 amide bonds. The van der Waals surface area contributed by atoms with Gasteiger partial charge in [-0.15, -0.1) is 0 Å². The fraction of sp³-hybridized carbons (Fsp3) is 0.677. The van der Waals surface area contributed by atoms with Crippen LogP contribution in [0, 0.1) is 5.92 Å². The van der Waals surface area contributed by atoms with Crippen LogP contribution in [0.4, 0.5) is 0 Å². The topological polar surface area (TPSA) is 379 Å². The van der Waals surface area contributed by atoms with E-state index in [2.05, 4.69) is 26.6 Å². The summed E-state index contributed by atoms with van der Waals surface area (Å²) in [4.78, 5) is 127. The molecule has 23 heteroatoms. The van der Waals surface area contributed by atoms with E-state index < -0.39 is 127 Å². The summed E-state index contributed by atoms with van der Waals surface area (Å²) in [6.45, 7) is 2.61. The van der Waals surface area contributed by atoms with Gasteiger partial charge in [0.1, 0.15) is 36.3 Å². The van der Waals surface area contributed by atoms with Gasteiger partial charge < -0.3 is 64.6 Å². The molecule has 22 nitrogen and oxygen atoms in total. The van der Waals surface area contributed by atoms with Gasteiger partial charge >= 0.3 is 5.97 Å². The Kier molecular flexibility index (Phi) is 19.9. The van der Waals surface area contributed by atoms with Gasteiger partial charge in [-0.3, -0.25) is 43.2 Å². The van der Waals surface area contributed by atoms with Gasteiger partial charge in [0, 0.05) is 6.54 Å². The lowest BCUT2D eigenvalue weighted by atomic mass is 10.0. The first-order valence-electron chi connectivity index (χ1n) is 17.0. The van der Waals surface area contributed by atoms with Crippen LogP contribution in [0.25, 0.3) is 0 Å². The Balaban J connectivity index is 3.19. The van der Waals surface area contributed by atoms with Crippen molar-refractivity contribution in [3.63, 3.8) is 0 Å². The van der Waals surface area contributed by atoms with Gasteiger partial charge in [-0.25, -0.2) is 4.79 Å². The van der Waals surface area contributed by atoms with Gasteiger partial charge in [0.25, 0.3) is 0 Å². The number of aliphatic hydroxyl groups is 1. The summed E-state index contributed by atoms with van der Waals surface area (Å²) >= 11 is 1.34. The second kappa shape index (κ2) is 22.9. The van der Waals surface area contributed by atoms with Crippen LogP contribution in [0.2, 0.25) is 0 Å². The van der Waals surface area contributed by atoms with E-state index in [1.807, 2.05) is 0 Å². The second-order valence-corrected chi connectivity index (χ2v) is 14.0. The number of amides is 9. The molecule has 0 radical (unpaired) electrons. The predicted molar refractivity (Wildman–Crippen MR) is 191 cm³/mol. The maximum Gasteiger partial charge on any atom is 0.326 e.